The SMILES string of the molecule is O=C(C[C@@]1(O)C(=O)N(Cc2ccccc2)c2ccc(Br)cc21)c1cccc(-n2cccc2)c1. The number of benzene rings is 3. The highest BCUT2D eigenvalue weighted by molar-refractivity contribution is 9.10. The van der Waals surface area contributed by atoms with E-state index in [9.17, 15) is 14.7 Å². The van der Waals surface area contributed by atoms with E-state index < -0.39 is 11.5 Å². The summed E-state index contributed by atoms with van der Waals surface area (Å²) in [6, 6.07) is 26.0. The summed E-state index contributed by atoms with van der Waals surface area (Å²) in [5, 5.41) is 11.6. The Labute approximate surface area is 200 Å². The van der Waals surface area contributed by atoms with Gasteiger partial charge in [0.05, 0.1) is 18.7 Å². The van der Waals surface area contributed by atoms with Crippen LogP contribution in [0.2, 0.25) is 0 Å². The Morgan fingerprint density at radius 3 is 2.42 bits per heavy atom. The Morgan fingerprint density at radius 1 is 0.909 bits per heavy atom. The predicted octanol–water partition coefficient (Wildman–Crippen LogP) is 5.25. The molecule has 0 saturated heterocycles. The van der Waals surface area contributed by atoms with Gasteiger partial charge in [0, 0.05) is 33.7 Å². The lowest BCUT2D eigenvalue weighted by molar-refractivity contribution is -0.136. The average molecular weight is 501 g/mol. The summed E-state index contributed by atoms with van der Waals surface area (Å²) in [6.07, 6.45) is 3.45. The Hall–Kier alpha value is -3.48. The van der Waals surface area contributed by atoms with Gasteiger partial charge in [0.15, 0.2) is 11.4 Å². The molecule has 1 atom stereocenters. The first-order valence-electron chi connectivity index (χ1n) is 10.6. The summed E-state index contributed by atoms with van der Waals surface area (Å²) in [4.78, 5) is 28.4. The van der Waals surface area contributed by atoms with Gasteiger partial charge in [0.1, 0.15) is 0 Å². The average Bonchev–Trinajstić information content (AvgIpc) is 3.43. The van der Waals surface area contributed by atoms with Crippen LogP contribution in [0.4, 0.5) is 5.69 Å². The Morgan fingerprint density at radius 2 is 1.67 bits per heavy atom. The number of amides is 1. The lowest BCUT2D eigenvalue weighted by atomic mass is 9.88. The lowest BCUT2D eigenvalue weighted by Gasteiger charge is -2.23. The summed E-state index contributed by atoms with van der Waals surface area (Å²) >= 11 is 3.44. The zero-order chi connectivity index (χ0) is 23.0. The molecular weight excluding hydrogens is 480 g/mol. The maximum Gasteiger partial charge on any atom is 0.264 e. The fourth-order valence-corrected chi connectivity index (χ4v) is 4.66. The van der Waals surface area contributed by atoms with Crippen molar-refractivity contribution in [3.05, 3.63) is 118 Å². The van der Waals surface area contributed by atoms with Gasteiger partial charge in [0.2, 0.25) is 0 Å². The molecule has 33 heavy (non-hydrogen) atoms. The zero-order valence-corrected chi connectivity index (χ0v) is 19.3. The summed E-state index contributed by atoms with van der Waals surface area (Å²) < 4.78 is 2.64. The number of ketones is 1. The van der Waals surface area contributed by atoms with Gasteiger partial charge in [-0.3, -0.25) is 9.59 Å². The smallest absolute Gasteiger partial charge is 0.264 e. The molecule has 1 amide bonds. The van der Waals surface area contributed by atoms with Crippen molar-refractivity contribution < 1.29 is 14.7 Å². The molecule has 5 rings (SSSR count). The second kappa shape index (κ2) is 8.46. The molecule has 0 spiro atoms. The van der Waals surface area contributed by atoms with E-state index in [1.165, 1.54) is 0 Å². The Bertz CT molecular complexity index is 1330. The van der Waals surface area contributed by atoms with Gasteiger partial charge in [-0.15, -0.1) is 0 Å². The molecular formula is C27H21BrN2O3. The van der Waals surface area contributed by atoms with Gasteiger partial charge in [-0.1, -0.05) is 58.4 Å². The van der Waals surface area contributed by atoms with Crippen molar-refractivity contribution in [2.24, 2.45) is 0 Å². The number of fused-ring (bicyclic) bond motifs is 1. The molecule has 2 heterocycles. The van der Waals surface area contributed by atoms with E-state index in [0.29, 0.717) is 23.4 Å². The zero-order valence-electron chi connectivity index (χ0n) is 17.7. The molecule has 164 valence electrons. The van der Waals surface area contributed by atoms with Crippen molar-refractivity contribution in [2.75, 3.05) is 4.90 Å². The monoisotopic (exact) mass is 500 g/mol. The molecule has 0 bridgehead atoms. The van der Waals surface area contributed by atoms with Crippen LogP contribution < -0.4 is 4.90 Å². The highest BCUT2D eigenvalue weighted by Gasteiger charge is 2.51. The number of anilines is 1. The van der Waals surface area contributed by atoms with Crippen LogP contribution in [0.1, 0.15) is 27.9 Å². The van der Waals surface area contributed by atoms with Crippen LogP contribution in [-0.4, -0.2) is 21.4 Å². The summed E-state index contributed by atoms with van der Waals surface area (Å²) in [6.45, 7) is 0.313. The van der Waals surface area contributed by atoms with Gasteiger partial charge in [0.25, 0.3) is 5.91 Å². The van der Waals surface area contributed by atoms with Gasteiger partial charge < -0.3 is 14.6 Å². The first-order valence-corrected chi connectivity index (χ1v) is 11.4. The molecule has 1 N–H and O–H groups in total. The van der Waals surface area contributed by atoms with E-state index in [-0.39, 0.29) is 12.2 Å². The summed E-state index contributed by atoms with van der Waals surface area (Å²) in [7, 11) is 0. The minimum atomic E-state index is -1.94. The number of hydrogen-bond acceptors (Lipinski definition) is 3. The Kier molecular flexibility index (Phi) is 5.48. The van der Waals surface area contributed by atoms with E-state index >= 15 is 0 Å². The minimum absolute atomic E-state index is 0.299. The number of carbonyl (C=O) groups is 2. The Balaban J connectivity index is 1.48. The standard InChI is InChI=1S/C27H21BrN2O3/c28-21-11-12-24-23(16-21)27(33,26(32)30(24)18-19-7-2-1-3-8-19)17-25(31)20-9-6-10-22(15-20)29-13-4-5-14-29/h1-16,33H,17-18H2/t27-/m0/s1. The first kappa shape index (κ1) is 21.4. The van der Waals surface area contributed by atoms with E-state index in [1.54, 1.807) is 35.2 Å². The van der Waals surface area contributed by atoms with Crippen molar-refractivity contribution >= 4 is 33.3 Å². The minimum Gasteiger partial charge on any atom is -0.375 e. The first-order chi connectivity index (χ1) is 16.0. The molecule has 1 aliphatic rings. The molecule has 1 aromatic heterocycles. The van der Waals surface area contributed by atoms with Gasteiger partial charge in [-0.05, 0) is 48.0 Å². The van der Waals surface area contributed by atoms with Crippen LogP contribution in [0.3, 0.4) is 0 Å². The number of hydrogen-bond donors (Lipinski definition) is 1. The topological polar surface area (TPSA) is 62.5 Å². The van der Waals surface area contributed by atoms with Crippen molar-refractivity contribution in [1.29, 1.82) is 0 Å². The predicted molar refractivity (Wildman–Crippen MR) is 130 cm³/mol. The third-order valence-corrected chi connectivity index (χ3v) is 6.46. The molecule has 5 nitrogen and oxygen atoms in total. The van der Waals surface area contributed by atoms with Gasteiger partial charge in [-0.2, -0.15) is 0 Å². The molecule has 0 fully saturated rings. The fraction of sp³-hybridized carbons (Fsp3) is 0.111. The van der Waals surface area contributed by atoms with Crippen LogP contribution in [0, 0.1) is 0 Å². The van der Waals surface area contributed by atoms with Crippen molar-refractivity contribution in [1.82, 2.24) is 4.57 Å². The molecule has 0 saturated carbocycles. The second-order valence-corrected chi connectivity index (χ2v) is 9.05. The highest BCUT2D eigenvalue weighted by atomic mass is 79.9. The van der Waals surface area contributed by atoms with Gasteiger partial charge in [-0.25, -0.2) is 0 Å². The van der Waals surface area contributed by atoms with E-state index in [4.69, 9.17) is 0 Å². The number of halogens is 1. The number of nitrogens with zero attached hydrogens (tertiary/aromatic N) is 2. The van der Waals surface area contributed by atoms with E-state index in [2.05, 4.69) is 15.9 Å². The van der Waals surface area contributed by atoms with Crippen LogP contribution in [0.25, 0.3) is 5.69 Å². The number of aromatic nitrogens is 1. The van der Waals surface area contributed by atoms with Crippen molar-refractivity contribution in [2.45, 2.75) is 18.6 Å². The van der Waals surface area contributed by atoms with Crippen molar-refractivity contribution in [3.63, 3.8) is 0 Å². The number of carbonyl (C=O) groups excluding carboxylic acids is 2. The van der Waals surface area contributed by atoms with Crippen LogP contribution >= 0.6 is 15.9 Å². The fourth-order valence-electron chi connectivity index (χ4n) is 4.30. The quantitative estimate of drug-likeness (QED) is 0.368. The molecule has 1 aliphatic heterocycles. The van der Waals surface area contributed by atoms with Crippen LogP contribution in [0.5, 0.6) is 0 Å². The molecule has 0 unspecified atom stereocenters. The third kappa shape index (κ3) is 3.92. The molecule has 4 aromatic rings. The maximum atomic E-state index is 13.5. The molecule has 6 heteroatoms. The van der Waals surface area contributed by atoms with E-state index in [1.807, 2.05) is 71.6 Å². The highest BCUT2D eigenvalue weighted by Crippen LogP contribution is 2.44. The molecule has 0 aliphatic carbocycles. The largest absolute Gasteiger partial charge is 0.375 e. The number of rotatable bonds is 6. The molecule has 0 radical (unpaired) electrons. The van der Waals surface area contributed by atoms with E-state index in [0.717, 1.165) is 15.7 Å². The third-order valence-electron chi connectivity index (χ3n) is 5.96. The lowest BCUT2D eigenvalue weighted by Crippen LogP contribution is -2.41. The maximum absolute atomic E-state index is 13.5. The van der Waals surface area contributed by atoms with Crippen LogP contribution in [-0.2, 0) is 16.9 Å². The van der Waals surface area contributed by atoms with Crippen LogP contribution in [0.15, 0.2) is 102 Å². The number of Topliss-reactive ketones (excluding diaryl/α,β-unsaturated/α-hetero) is 1. The van der Waals surface area contributed by atoms with Crippen molar-refractivity contribution in [3.8, 4) is 5.69 Å². The summed E-state index contributed by atoms with van der Waals surface area (Å²) in [5.74, 6) is -0.790. The molecule has 3 aromatic carbocycles. The number of aliphatic hydroxyl groups is 1. The summed E-state index contributed by atoms with van der Waals surface area (Å²) in [5.41, 5.74) is 1.34. The van der Waals surface area contributed by atoms with Gasteiger partial charge >= 0.3 is 0 Å². The second-order valence-electron chi connectivity index (χ2n) is 8.14. The normalized spacial score (nSPS) is 17.3.